The zero-order valence-electron chi connectivity index (χ0n) is 15.4. The van der Waals surface area contributed by atoms with Crippen LogP contribution in [0.15, 0.2) is 78.2 Å². The molecule has 1 nitrogen and oxygen atoms in total. The Morgan fingerprint density at radius 2 is 1.63 bits per heavy atom. The van der Waals surface area contributed by atoms with Crippen molar-refractivity contribution < 1.29 is 0 Å². The Hall–Kier alpha value is -2.58. The van der Waals surface area contributed by atoms with Crippen LogP contribution >= 0.6 is 11.3 Å². The van der Waals surface area contributed by atoms with Gasteiger partial charge < -0.3 is 4.57 Å². The number of rotatable bonds is 4. The summed E-state index contributed by atoms with van der Waals surface area (Å²) in [4.78, 5) is 1.39. The molecule has 2 heteroatoms. The average Bonchev–Trinajstić information content (AvgIpc) is 3.32. The molecule has 1 aliphatic rings. The van der Waals surface area contributed by atoms with Crippen LogP contribution in [0.1, 0.15) is 36.8 Å². The van der Waals surface area contributed by atoms with Crippen molar-refractivity contribution in [3.8, 4) is 11.3 Å². The van der Waals surface area contributed by atoms with Gasteiger partial charge in [-0.3, -0.25) is 0 Å². The fourth-order valence-corrected chi connectivity index (χ4v) is 5.18. The first kappa shape index (κ1) is 16.6. The Bertz CT molecular complexity index is 1080. The molecular weight excluding hydrogens is 346 g/mol. The molecule has 0 spiro atoms. The Labute approximate surface area is 164 Å². The average molecular weight is 370 g/mol. The third-order valence-corrected chi connectivity index (χ3v) is 6.44. The topological polar surface area (TPSA) is 4.93 Å². The van der Waals surface area contributed by atoms with Crippen LogP contribution in [0, 0.1) is 0 Å². The number of nitrogens with zero attached hydrogens (tertiary/aromatic N) is 1. The van der Waals surface area contributed by atoms with E-state index in [4.69, 9.17) is 0 Å². The predicted molar refractivity (Wildman–Crippen MR) is 117 cm³/mol. The minimum atomic E-state index is 0.912. The van der Waals surface area contributed by atoms with E-state index >= 15 is 0 Å². The Morgan fingerprint density at radius 1 is 0.852 bits per heavy atom. The molecule has 0 atom stereocenters. The fourth-order valence-electron chi connectivity index (χ4n) is 4.27. The predicted octanol–water partition coefficient (Wildman–Crippen LogP) is 7.38. The lowest BCUT2D eigenvalue weighted by Crippen LogP contribution is -2.03. The van der Waals surface area contributed by atoms with E-state index in [1.165, 1.54) is 63.9 Å². The van der Waals surface area contributed by atoms with E-state index in [0.29, 0.717) is 0 Å². The number of allylic oxidation sites excluding steroid dienone is 2. The van der Waals surface area contributed by atoms with E-state index in [9.17, 15) is 0 Å². The summed E-state index contributed by atoms with van der Waals surface area (Å²) in [6.07, 6.45) is 7.51. The second kappa shape index (κ2) is 7.21. The number of hydrogen-bond acceptors (Lipinski definition) is 1. The van der Waals surface area contributed by atoms with Gasteiger partial charge in [0.15, 0.2) is 0 Å². The first-order valence-electron chi connectivity index (χ1n) is 9.80. The summed E-state index contributed by atoms with van der Waals surface area (Å²) < 4.78 is 2.54. The molecule has 0 N–H and O–H groups in total. The maximum absolute atomic E-state index is 2.54. The van der Waals surface area contributed by atoms with E-state index in [2.05, 4.69) is 82.8 Å². The molecule has 2 aromatic carbocycles. The van der Waals surface area contributed by atoms with E-state index in [-0.39, 0.29) is 0 Å². The third kappa shape index (κ3) is 3.04. The van der Waals surface area contributed by atoms with Crippen LogP contribution in [0.2, 0.25) is 0 Å². The molecule has 27 heavy (non-hydrogen) atoms. The highest BCUT2D eigenvalue weighted by molar-refractivity contribution is 7.16. The Kier molecular flexibility index (Phi) is 4.43. The number of aromatic nitrogens is 1. The second-order valence-electron chi connectivity index (χ2n) is 7.28. The highest BCUT2D eigenvalue weighted by Crippen LogP contribution is 2.43. The number of thiophene rings is 1. The molecule has 0 aliphatic heterocycles. The molecular formula is C25H23NS. The van der Waals surface area contributed by atoms with Gasteiger partial charge in [-0.2, -0.15) is 0 Å². The van der Waals surface area contributed by atoms with Crippen LogP contribution in [0.3, 0.4) is 0 Å². The van der Waals surface area contributed by atoms with Crippen molar-refractivity contribution in [3.63, 3.8) is 0 Å². The Balaban J connectivity index is 1.77. The van der Waals surface area contributed by atoms with Crippen LogP contribution < -0.4 is 0 Å². The van der Waals surface area contributed by atoms with Crippen LogP contribution in [0.5, 0.6) is 0 Å². The van der Waals surface area contributed by atoms with Crippen LogP contribution in [0.4, 0.5) is 0 Å². The quantitative estimate of drug-likeness (QED) is 0.354. The highest BCUT2D eigenvalue weighted by atomic mass is 32.1. The summed E-state index contributed by atoms with van der Waals surface area (Å²) in [5.74, 6) is 0. The Morgan fingerprint density at radius 3 is 2.37 bits per heavy atom. The number of fused-ring (bicyclic) bond motifs is 1. The van der Waals surface area contributed by atoms with Gasteiger partial charge >= 0.3 is 0 Å². The second-order valence-corrected chi connectivity index (χ2v) is 8.17. The zero-order chi connectivity index (χ0) is 18.1. The van der Waals surface area contributed by atoms with Crippen molar-refractivity contribution in [2.24, 2.45) is 0 Å². The summed E-state index contributed by atoms with van der Waals surface area (Å²) >= 11 is 1.86. The normalized spacial score (nSPS) is 14.4. The standard InChI is InChI=1S/C25H23NS/c1-4-10-19(11-5-1)18-26-24(21-14-8-3-9-15-21)23(20-12-6-2-7-13-20)22-16-17-27-25(22)26/h1,3-5,8-12,14-17H,2,6-7,13,18H2. The molecule has 4 aromatic rings. The number of benzene rings is 2. The highest BCUT2D eigenvalue weighted by Gasteiger charge is 2.23. The number of hydrogen-bond donors (Lipinski definition) is 0. The van der Waals surface area contributed by atoms with E-state index < -0.39 is 0 Å². The largest absolute Gasteiger partial charge is 0.327 e. The van der Waals surface area contributed by atoms with E-state index in [1.807, 2.05) is 11.3 Å². The first-order chi connectivity index (χ1) is 13.4. The first-order valence-corrected chi connectivity index (χ1v) is 10.7. The lowest BCUT2D eigenvalue weighted by molar-refractivity contribution is 0.742. The van der Waals surface area contributed by atoms with Crippen LogP contribution in [0.25, 0.3) is 27.0 Å². The van der Waals surface area contributed by atoms with Crippen molar-refractivity contribution in [2.45, 2.75) is 32.2 Å². The summed E-state index contributed by atoms with van der Waals surface area (Å²) in [5.41, 5.74) is 7.06. The lowest BCUT2D eigenvalue weighted by atomic mass is 9.90. The smallest absolute Gasteiger partial charge is 0.104 e. The molecule has 5 rings (SSSR count). The third-order valence-electron chi connectivity index (χ3n) is 5.51. The molecule has 0 fully saturated rings. The fraction of sp³-hybridized carbons (Fsp3) is 0.200. The van der Waals surface area contributed by atoms with Crippen molar-refractivity contribution in [2.75, 3.05) is 0 Å². The molecule has 0 amide bonds. The molecule has 2 heterocycles. The van der Waals surface area contributed by atoms with Gasteiger partial charge in [-0.1, -0.05) is 66.7 Å². The van der Waals surface area contributed by atoms with Gasteiger partial charge in [0.2, 0.25) is 0 Å². The maximum Gasteiger partial charge on any atom is 0.104 e. The van der Waals surface area contributed by atoms with Gasteiger partial charge in [-0.05, 0) is 53.8 Å². The molecule has 0 saturated carbocycles. The van der Waals surface area contributed by atoms with Gasteiger partial charge in [0, 0.05) is 17.5 Å². The molecule has 2 aromatic heterocycles. The monoisotopic (exact) mass is 369 g/mol. The van der Waals surface area contributed by atoms with E-state index in [0.717, 1.165) is 6.54 Å². The van der Waals surface area contributed by atoms with Gasteiger partial charge in [-0.15, -0.1) is 11.3 Å². The molecule has 0 bridgehead atoms. The van der Waals surface area contributed by atoms with Crippen molar-refractivity contribution in [1.82, 2.24) is 4.57 Å². The maximum atomic E-state index is 2.54. The van der Waals surface area contributed by atoms with Gasteiger partial charge in [0.05, 0.1) is 5.69 Å². The minimum absolute atomic E-state index is 0.912. The van der Waals surface area contributed by atoms with Gasteiger partial charge in [0.1, 0.15) is 4.83 Å². The summed E-state index contributed by atoms with van der Waals surface area (Å²) in [6.45, 7) is 0.912. The molecule has 0 saturated heterocycles. The van der Waals surface area contributed by atoms with Crippen molar-refractivity contribution >= 4 is 27.1 Å². The summed E-state index contributed by atoms with van der Waals surface area (Å²) in [6, 6.07) is 24.1. The van der Waals surface area contributed by atoms with Crippen molar-refractivity contribution in [1.29, 1.82) is 0 Å². The molecule has 1 aliphatic carbocycles. The van der Waals surface area contributed by atoms with Crippen LogP contribution in [-0.2, 0) is 6.54 Å². The van der Waals surface area contributed by atoms with Gasteiger partial charge in [-0.25, -0.2) is 0 Å². The summed E-state index contributed by atoms with van der Waals surface area (Å²) in [5, 5.41) is 3.66. The van der Waals surface area contributed by atoms with Crippen molar-refractivity contribution in [3.05, 3.63) is 89.3 Å². The minimum Gasteiger partial charge on any atom is -0.327 e. The molecule has 134 valence electrons. The van der Waals surface area contributed by atoms with Gasteiger partial charge in [0.25, 0.3) is 0 Å². The zero-order valence-corrected chi connectivity index (χ0v) is 16.2. The summed E-state index contributed by atoms with van der Waals surface area (Å²) in [7, 11) is 0. The van der Waals surface area contributed by atoms with E-state index in [1.54, 1.807) is 0 Å². The SMILES string of the molecule is C1=C(c2c(-c3ccccc3)n(Cc3ccccc3)c3sccc23)CCCC1. The lowest BCUT2D eigenvalue weighted by Gasteiger charge is -2.17. The molecule has 0 radical (unpaired) electrons. The van der Waals surface area contributed by atoms with Crippen LogP contribution in [-0.4, -0.2) is 4.57 Å². The molecule has 0 unspecified atom stereocenters.